The lowest BCUT2D eigenvalue weighted by molar-refractivity contribution is 0.0906. The van der Waals surface area contributed by atoms with Gasteiger partial charge in [0, 0.05) is 24.3 Å². The molecule has 0 aliphatic heterocycles. The summed E-state index contributed by atoms with van der Waals surface area (Å²) in [5.41, 5.74) is 5.96. The predicted molar refractivity (Wildman–Crippen MR) is 82.0 cm³/mol. The molecule has 116 valence electrons. The quantitative estimate of drug-likeness (QED) is 0.681. The van der Waals surface area contributed by atoms with Crippen molar-refractivity contribution in [3.63, 3.8) is 0 Å². The summed E-state index contributed by atoms with van der Waals surface area (Å²) in [6.07, 6.45) is 2.46. The van der Waals surface area contributed by atoms with Crippen molar-refractivity contribution >= 4 is 11.8 Å². The van der Waals surface area contributed by atoms with E-state index in [9.17, 15) is 14.7 Å². The molecule has 0 unspecified atom stereocenters. The van der Waals surface area contributed by atoms with E-state index < -0.39 is 5.91 Å². The average Bonchev–Trinajstić information content (AvgIpc) is 2.51. The van der Waals surface area contributed by atoms with E-state index in [-0.39, 0.29) is 17.9 Å². The van der Waals surface area contributed by atoms with Gasteiger partial charge in [-0.25, -0.2) is 0 Å². The van der Waals surface area contributed by atoms with Crippen molar-refractivity contribution in [1.82, 2.24) is 5.32 Å². The summed E-state index contributed by atoms with van der Waals surface area (Å²) in [5.74, 6) is -0.698. The summed E-state index contributed by atoms with van der Waals surface area (Å²) in [4.78, 5) is 23.1. The summed E-state index contributed by atoms with van der Waals surface area (Å²) in [7, 11) is 0. The number of amides is 2. The Morgan fingerprint density at radius 2 is 1.67 bits per heavy atom. The molecule has 0 saturated heterocycles. The zero-order chi connectivity index (χ0) is 15.9. The standard InChI is InChI=1S/C16H24N2O3/c1-3-16(4-2,9-10-19)11-18-15(21)13-7-5-12(6-8-13)14(17)20/h5-8,19H,3-4,9-11H2,1-2H3,(H2,17,20)(H,18,21). The minimum absolute atomic E-state index is 0.0719. The van der Waals surface area contributed by atoms with Crippen LogP contribution in [-0.2, 0) is 0 Å². The molecule has 1 rings (SSSR count). The van der Waals surface area contributed by atoms with Gasteiger partial charge in [0.15, 0.2) is 0 Å². The Labute approximate surface area is 125 Å². The highest BCUT2D eigenvalue weighted by molar-refractivity contribution is 5.97. The largest absolute Gasteiger partial charge is 0.396 e. The third-order valence-electron chi connectivity index (χ3n) is 4.20. The molecule has 0 spiro atoms. The highest BCUT2D eigenvalue weighted by Gasteiger charge is 2.26. The van der Waals surface area contributed by atoms with Gasteiger partial charge in [0.05, 0.1) is 0 Å². The summed E-state index contributed by atoms with van der Waals surface area (Å²) >= 11 is 0. The van der Waals surface area contributed by atoms with E-state index in [1.807, 2.05) is 0 Å². The number of hydrogen-bond donors (Lipinski definition) is 3. The van der Waals surface area contributed by atoms with Crippen molar-refractivity contribution in [2.24, 2.45) is 11.1 Å². The van der Waals surface area contributed by atoms with Crippen molar-refractivity contribution in [3.8, 4) is 0 Å². The normalized spacial score (nSPS) is 11.2. The van der Waals surface area contributed by atoms with E-state index in [1.54, 1.807) is 12.1 Å². The first-order valence-corrected chi connectivity index (χ1v) is 7.27. The van der Waals surface area contributed by atoms with Crippen molar-refractivity contribution in [3.05, 3.63) is 35.4 Å². The lowest BCUT2D eigenvalue weighted by atomic mass is 9.79. The summed E-state index contributed by atoms with van der Waals surface area (Å²) in [6.45, 7) is 4.77. The second kappa shape index (κ2) is 7.78. The van der Waals surface area contributed by atoms with Crippen molar-refractivity contribution in [1.29, 1.82) is 0 Å². The zero-order valence-electron chi connectivity index (χ0n) is 12.7. The van der Waals surface area contributed by atoms with Gasteiger partial charge in [0.25, 0.3) is 5.91 Å². The maximum Gasteiger partial charge on any atom is 0.251 e. The molecule has 0 aliphatic carbocycles. The molecule has 5 heteroatoms. The first-order chi connectivity index (χ1) is 9.98. The molecule has 0 saturated carbocycles. The second-order valence-corrected chi connectivity index (χ2v) is 5.30. The number of aliphatic hydroxyl groups is 1. The van der Waals surface area contributed by atoms with Crippen molar-refractivity contribution in [2.45, 2.75) is 33.1 Å². The molecule has 0 fully saturated rings. The van der Waals surface area contributed by atoms with Gasteiger partial charge >= 0.3 is 0 Å². The first-order valence-electron chi connectivity index (χ1n) is 7.27. The molecule has 0 aliphatic rings. The molecule has 0 bridgehead atoms. The number of benzene rings is 1. The molecule has 0 heterocycles. The summed E-state index contributed by atoms with van der Waals surface area (Å²) in [5, 5.41) is 12.1. The van der Waals surface area contributed by atoms with Crippen LogP contribution in [0.15, 0.2) is 24.3 Å². The Morgan fingerprint density at radius 1 is 1.14 bits per heavy atom. The van der Waals surface area contributed by atoms with Gasteiger partial charge in [-0.3, -0.25) is 9.59 Å². The second-order valence-electron chi connectivity index (χ2n) is 5.30. The summed E-state index contributed by atoms with van der Waals surface area (Å²) in [6, 6.07) is 6.25. The summed E-state index contributed by atoms with van der Waals surface area (Å²) < 4.78 is 0. The van der Waals surface area contributed by atoms with Crippen LogP contribution in [0.5, 0.6) is 0 Å². The monoisotopic (exact) mass is 292 g/mol. The van der Waals surface area contributed by atoms with Gasteiger partial charge in [-0.05, 0) is 48.9 Å². The Bertz CT molecular complexity index is 479. The number of rotatable bonds is 8. The van der Waals surface area contributed by atoms with Crippen LogP contribution in [0.3, 0.4) is 0 Å². The number of carbonyl (C=O) groups excluding carboxylic acids is 2. The van der Waals surface area contributed by atoms with Crippen LogP contribution in [0, 0.1) is 5.41 Å². The molecule has 5 nitrogen and oxygen atoms in total. The number of primary amides is 1. The molecule has 0 aromatic heterocycles. The van der Waals surface area contributed by atoms with Crippen LogP contribution in [0.1, 0.15) is 53.8 Å². The smallest absolute Gasteiger partial charge is 0.251 e. The number of hydrogen-bond acceptors (Lipinski definition) is 3. The molecule has 0 atom stereocenters. The van der Waals surface area contributed by atoms with Gasteiger partial charge in [0.1, 0.15) is 0 Å². The van der Waals surface area contributed by atoms with Crippen LogP contribution < -0.4 is 11.1 Å². The van der Waals surface area contributed by atoms with Gasteiger partial charge in [-0.1, -0.05) is 13.8 Å². The highest BCUT2D eigenvalue weighted by Crippen LogP contribution is 2.29. The maximum absolute atomic E-state index is 12.1. The minimum atomic E-state index is -0.513. The molecule has 4 N–H and O–H groups in total. The van der Waals surface area contributed by atoms with Crippen molar-refractivity contribution in [2.75, 3.05) is 13.2 Å². The van der Waals surface area contributed by atoms with Gasteiger partial charge < -0.3 is 16.2 Å². The Hall–Kier alpha value is -1.88. The topological polar surface area (TPSA) is 92.4 Å². The van der Waals surface area contributed by atoms with E-state index in [4.69, 9.17) is 5.73 Å². The molecular formula is C16H24N2O3. The van der Waals surface area contributed by atoms with Gasteiger partial charge in [0.2, 0.25) is 5.91 Å². The fourth-order valence-electron chi connectivity index (χ4n) is 2.33. The van der Waals surface area contributed by atoms with Crippen LogP contribution in [-0.4, -0.2) is 30.1 Å². The van der Waals surface area contributed by atoms with E-state index in [1.165, 1.54) is 12.1 Å². The average molecular weight is 292 g/mol. The lowest BCUT2D eigenvalue weighted by Gasteiger charge is -2.31. The third-order valence-corrected chi connectivity index (χ3v) is 4.20. The number of carbonyl (C=O) groups is 2. The Balaban J connectivity index is 2.70. The lowest BCUT2D eigenvalue weighted by Crippen LogP contribution is -2.37. The third kappa shape index (κ3) is 4.56. The number of aliphatic hydroxyl groups excluding tert-OH is 1. The first kappa shape index (κ1) is 17.2. The van der Waals surface area contributed by atoms with Crippen LogP contribution in [0.4, 0.5) is 0 Å². The number of nitrogens with one attached hydrogen (secondary N) is 1. The number of nitrogens with two attached hydrogens (primary N) is 1. The van der Waals surface area contributed by atoms with E-state index in [0.29, 0.717) is 24.1 Å². The van der Waals surface area contributed by atoms with E-state index in [2.05, 4.69) is 19.2 Å². The van der Waals surface area contributed by atoms with Gasteiger partial charge in [-0.15, -0.1) is 0 Å². The van der Waals surface area contributed by atoms with Crippen LogP contribution in [0.25, 0.3) is 0 Å². The fraction of sp³-hybridized carbons (Fsp3) is 0.500. The van der Waals surface area contributed by atoms with Crippen molar-refractivity contribution < 1.29 is 14.7 Å². The van der Waals surface area contributed by atoms with Crippen LogP contribution in [0.2, 0.25) is 0 Å². The van der Waals surface area contributed by atoms with Gasteiger partial charge in [-0.2, -0.15) is 0 Å². The molecular weight excluding hydrogens is 268 g/mol. The molecule has 21 heavy (non-hydrogen) atoms. The predicted octanol–water partition coefficient (Wildman–Crippen LogP) is 1.70. The maximum atomic E-state index is 12.1. The zero-order valence-corrected chi connectivity index (χ0v) is 12.7. The Morgan fingerprint density at radius 3 is 2.10 bits per heavy atom. The minimum Gasteiger partial charge on any atom is -0.396 e. The molecule has 2 amide bonds. The SMILES string of the molecule is CCC(CC)(CCO)CNC(=O)c1ccc(C(N)=O)cc1. The molecule has 1 aromatic rings. The van der Waals surface area contributed by atoms with E-state index >= 15 is 0 Å². The highest BCUT2D eigenvalue weighted by atomic mass is 16.3. The molecule has 1 aromatic carbocycles. The fourth-order valence-corrected chi connectivity index (χ4v) is 2.33. The van der Waals surface area contributed by atoms with Crippen LogP contribution >= 0.6 is 0 Å². The Kier molecular flexibility index (Phi) is 6.37. The molecule has 0 radical (unpaired) electrons. The van der Waals surface area contributed by atoms with E-state index in [0.717, 1.165) is 12.8 Å².